The molecule has 158 valence electrons. The van der Waals surface area contributed by atoms with E-state index in [9.17, 15) is 13.2 Å². The lowest BCUT2D eigenvalue weighted by Crippen LogP contribution is -2.40. The van der Waals surface area contributed by atoms with Crippen molar-refractivity contribution in [2.45, 2.75) is 11.8 Å². The summed E-state index contributed by atoms with van der Waals surface area (Å²) in [5, 5.41) is 11.8. The number of carbonyl (C=O) groups is 1. The molecule has 0 bridgehead atoms. The first-order valence-corrected chi connectivity index (χ1v) is 11.5. The van der Waals surface area contributed by atoms with Crippen LogP contribution in [0.25, 0.3) is 0 Å². The van der Waals surface area contributed by atoms with Gasteiger partial charge in [0.1, 0.15) is 5.75 Å². The zero-order chi connectivity index (χ0) is 21.7. The molecule has 2 aromatic carbocycles. The molecule has 1 aliphatic rings. The van der Waals surface area contributed by atoms with Crippen LogP contribution in [-0.2, 0) is 14.8 Å². The van der Waals surface area contributed by atoms with E-state index < -0.39 is 15.9 Å². The highest BCUT2D eigenvalue weighted by molar-refractivity contribution is 9.10. The zero-order valence-electron chi connectivity index (χ0n) is 16.2. The summed E-state index contributed by atoms with van der Waals surface area (Å²) in [6, 6.07) is 11.1. The van der Waals surface area contributed by atoms with Crippen LogP contribution in [0.2, 0.25) is 0 Å². The quantitative estimate of drug-likeness (QED) is 0.662. The van der Waals surface area contributed by atoms with E-state index in [0.717, 1.165) is 0 Å². The number of carbonyl (C=O) groups excluding carboxylic acids is 1. The minimum Gasteiger partial charge on any atom is -0.492 e. The summed E-state index contributed by atoms with van der Waals surface area (Å²) in [4.78, 5) is 12.9. The summed E-state index contributed by atoms with van der Waals surface area (Å²) in [5.41, 5.74) is 0.858. The predicted molar refractivity (Wildman–Crippen MR) is 114 cm³/mol. The number of nitrogens with one attached hydrogen (secondary N) is 1. The summed E-state index contributed by atoms with van der Waals surface area (Å²) in [6.07, 6.45) is 0. The molecular weight excluding hydrogens is 474 g/mol. The van der Waals surface area contributed by atoms with Crippen molar-refractivity contribution in [2.75, 3.05) is 38.2 Å². The van der Waals surface area contributed by atoms with E-state index in [1.807, 2.05) is 6.07 Å². The molecule has 10 heteroatoms. The second-order valence-corrected chi connectivity index (χ2v) is 9.13. The maximum Gasteiger partial charge on any atom is 0.255 e. The molecule has 1 N–H and O–H groups in total. The van der Waals surface area contributed by atoms with Crippen molar-refractivity contribution in [1.29, 1.82) is 5.26 Å². The Balaban J connectivity index is 1.91. The fourth-order valence-electron chi connectivity index (χ4n) is 2.94. The Bertz CT molecular complexity index is 1090. The maximum absolute atomic E-state index is 13.0. The monoisotopic (exact) mass is 493 g/mol. The van der Waals surface area contributed by atoms with Crippen molar-refractivity contribution in [1.82, 2.24) is 4.31 Å². The zero-order valence-corrected chi connectivity index (χ0v) is 18.6. The lowest BCUT2D eigenvalue weighted by molar-refractivity contribution is 0.0730. The highest BCUT2D eigenvalue weighted by Gasteiger charge is 2.29. The van der Waals surface area contributed by atoms with Crippen LogP contribution in [0.4, 0.5) is 5.69 Å². The Morgan fingerprint density at radius 3 is 2.67 bits per heavy atom. The van der Waals surface area contributed by atoms with Crippen LogP contribution in [0.5, 0.6) is 5.75 Å². The minimum atomic E-state index is -3.79. The second-order valence-electron chi connectivity index (χ2n) is 6.37. The highest BCUT2D eigenvalue weighted by atomic mass is 79.9. The van der Waals surface area contributed by atoms with Gasteiger partial charge < -0.3 is 14.8 Å². The second kappa shape index (κ2) is 9.57. The molecule has 8 nitrogen and oxygen atoms in total. The molecule has 1 fully saturated rings. The fraction of sp³-hybridized carbons (Fsp3) is 0.300. The van der Waals surface area contributed by atoms with Gasteiger partial charge >= 0.3 is 0 Å². The number of ether oxygens (including phenoxy) is 2. The molecule has 0 aliphatic carbocycles. The number of anilines is 1. The molecule has 30 heavy (non-hydrogen) atoms. The lowest BCUT2D eigenvalue weighted by atomic mass is 10.1. The number of nitriles is 1. The average Bonchev–Trinajstić information content (AvgIpc) is 2.75. The first-order valence-electron chi connectivity index (χ1n) is 9.22. The normalized spacial score (nSPS) is 14.7. The molecule has 0 radical (unpaired) electrons. The fourth-order valence-corrected chi connectivity index (χ4v) is 5.30. The van der Waals surface area contributed by atoms with Crippen LogP contribution in [0.3, 0.4) is 0 Å². The number of nitrogens with zero attached hydrogens (tertiary/aromatic N) is 2. The Hall–Kier alpha value is -2.45. The number of morpholine rings is 1. The van der Waals surface area contributed by atoms with Crippen LogP contribution < -0.4 is 10.1 Å². The van der Waals surface area contributed by atoms with Gasteiger partial charge in [0.15, 0.2) is 0 Å². The van der Waals surface area contributed by atoms with Crippen molar-refractivity contribution in [3.8, 4) is 11.8 Å². The molecule has 0 spiro atoms. The molecular formula is C20H20BrN3O5S. The number of benzene rings is 2. The summed E-state index contributed by atoms with van der Waals surface area (Å²) in [6.45, 7) is 3.35. The van der Waals surface area contributed by atoms with Crippen LogP contribution in [-0.4, -0.2) is 51.5 Å². The SMILES string of the molecule is CCOc1ccc(C#N)cc1NC(=O)c1ccc(Br)c(S(=O)(=O)N2CCOCC2)c1. The topological polar surface area (TPSA) is 109 Å². The van der Waals surface area contributed by atoms with E-state index in [0.29, 0.717) is 41.3 Å². The first-order chi connectivity index (χ1) is 14.4. The Kier molecular flexibility index (Phi) is 7.10. The van der Waals surface area contributed by atoms with Crippen LogP contribution >= 0.6 is 15.9 Å². The molecule has 1 aliphatic heterocycles. The van der Waals surface area contributed by atoms with E-state index in [4.69, 9.17) is 14.7 Å². The number of halogens is 1. The molecule has 0 aromatic heterocycles. The van der Waals surface area contributed by atoms with Gasteiger partial charge in [-0.15, -0.1) is 0 Å². The Morgan fingerprint density at radius 1 is 1.27 bits per heavy atom. The van der Waals surface area contributed by atoms with Crippen LogP contribution in [0.15, 0.2) is 45.8 Å². The maximum atomic E-state index is 13.0. The van der Waals surface area contributed by atoms with Gasteiger partial charge in [0.25, 0.3) is 5.91 Å². The number of hydrogen-bond donors (Lipinski definition) is 1. The standard InChI is InChI=1S/C20H20BrN3O5S/c1-2-29-18-6-3-14(13-22)11-17(18)23-20(25)15-4-5-16(21)19(12-15)30(26,27)24-7-9-28-10-8-24/h3-6,11-12H,2,7-10H2,1H3,(H,23,25). The molecule has 1 saturated heterocycles. The van der Waals surface area contributed by atoms with Crippen molar-refractivity contribution >= 4 is 37.5 Å². The van der Waals surface area contributed by atoms with Crippen LogP contribution in [0.1, 0.15) is 22.8 Å². The summed E-state index contributed by atoms with van der Waals surface area (Å²) < 4.78 is 38.5. The molecule has 2 aromatic rings. The highest BCUT2D eigenvalue weighted by Crippen LogP contribution is 2.29. The van der Waals surface area contributed by atoms with Gasteiger partial charge in [-0.1, -0.05) is 0 Å². The summed E-state index contributed by atoms with van der Waals surface area (Å²) in [5.74, 6) is -0.0971. The summed E-state index contributed by atoms with van der Waals surface area (Å²) >= 11 is 3.28. The molecule has 0 unspecified atom stereocenters. The predicted octanol–water partition coefficient (Wildman–Crippen LogP) is 2.99. The minimum absolute atomic E-state index is 0.00728. The molecule has 0 saturated carbocycles. The number of amides is 1. The van der Waals surface area contributed by atoms with Gasteiger partial charge in [-0.05, 0) is 59.3 Å². The van der Waals surface area contributed by atoms with E-state index in [-0.39, 0.29) is 23.5 Å². The average molecular weight is 494 g/mol. The van der Waals surface area contributed by atoms with Crippen molar-refractivity contribution in [3.63, 3.8) is 0 Å². The van der Waals surface area contributed by atoms with Gasteiger partial charge in [-0.25, -0.2) is 8.42 Å². The number of hydrogen-bond acceptors (Lipinski definition) is 6. The van der Waals surface area contributed by atoms with Gasteiger partial charge in [0.2, 0.25) is 10.0 Å². The molecule has 0 atom stereocenters. The molecule has 1 heterocycles. The smallest absolute Gasteiger partial charge is 0.255 e. The Labute approximate surface area is 183 Å². The van der Waals surface area contributed by atoms with Gasteiger partial charge in [0, 0.05) is 23.1 Å². The van der Waals surface area contributed by atoms with E-state index >= 15 is 0 Å². The summed E-state index contributed by atoms with van der Waals surface area (Å²) in [7, 11) is -3.79. The molecule has 3 rings (SSSR count). The third-order valence-corrected chi connectivity index (χ3v) is 7.33. The first kappa shape index (κ1) is 22.2. The van der Waals surface area contributed by atoms with Crippen molar-refractivity contribution in [3.05, 3.63) is 52.0 Å². The van der Waals surface area contributed by atoms with E-state index in [1.165, 1.54) is 28.6 Å². The van der Waals surface area contributed by atoms with Crippen LogP contribution in [0, 0.1) is 11.3 Å². The van der Waals surface area contributed by atoms with E-state index in [2.05, 4.69) is 21.2 Å². The molecule has 1 amide bonds. The van der Waals surface area contributed by atoms with Gasteiger partial charge in [-0.2, -0.15) is 9.57 Å². The number of sulfonamides is 1. The van der Waals surface area contributed by atoms with E-state index in [1.54, 1.807) is 19.1 Å². The third kappa shape index (κ3) is 4.82. The van der Waals surface area contributed by atoms with Gasteiger partial charge in [-0.3, -0.25) is 4.79 Å². The largest absolute Gasteiger partial charge is 0.492 e. The lowest BCUT2D eigenvalue weighted by Gasteiger charge is -2.26. The van der Waals surface area contributed by atoms with Crippen molar-refractivity contribution in [2.24, 2.45) is 0 Å². The third-order valence-electron chi connectivity index (χ3n) is 4.44. The number of rotatable bonds is 6. The van der Waals surface area contributed by atoms with Crippen molar-refractivity contribution < 1.29 is 22.7 Å². The Morgan fingerprint density at radius 2 is 2.00 bits per heavy atom. The van der Waals surface area contributed by atoms with Gasteiger partial charge in [0.05, 0.1) is 42.0 Å².